The number of carbonyl (C=O) groups excluding carboxylic acids is 2. The van der Waals surface area contributed by atoms with Crippen LogP contribution < -0.4 is 10.2 Å². The number of nitrogens with zero attached hydrogens (tertiary/aromatic N) is 4. The van der Waals surface area contributed by atoms with Crippen molar-refractivity contribution in [3.8, 4) is 0 Å². The van der Waals surface area contributed by atoms with E-state index in [1.54, 1.807) is 6.26 Å². The maximum absolute atomic E-state index is 14.4. The number of anilines is 2. The number of hydrogen-bond donors (Lipinski definition) is 1. The lowest BCUT2D eigenvalue weighted by Gasteiger charge is -2.17. The number of furan rings is 1. The van der Waals surface area contributed by atoms with Crippen LogP contribution in [0.25, 0.3) is 0 Å². The lowest BCUT2D eigenvalue weighted by molar-refractivity contribution is -0.114. The normalized spacial score (nSPS) is 13.5. The van der Waals surface area contributed by atoms with Crippen molar-refractivity contribution in [2.75, 3.05) is 29.1 Å². The first-order valence-corrected chi connectivity index (χ1v) is 10.9. The number of benzene rings is 1. The van der Waals surface area contributed by atoms with Gasteiger partial charge in [0.05, 0.1) is 24.1 Å². The molecule has 162 valence electrons. The van der Waals surface area contributed by atoms with Gasteiger partial charge in [-0.05, 0) is 43.2 Å². The largest absolute Gasteiger partial charge is 0.467 e. The highest BCUT2D eigenvalue weighted by molar-refractivity contribution is 7.99. The Morgan fingerprint density at radius 3 is 2.71 bits per heavy atom. The van der Waals surface area contributed by atoms with Crippen molar-refractivity contribution in [3.63, 3.8) is 0 Å². The van der Waals surface area contributed by atoms with Crippen LogP contribution in [0.15, 0.2) is 46.2 Å². The van der Waals surface area contributed by atoms with Crippen LogP contribution in [-0.4, -0.2) is 45.3 Å². The number of thioether (sulfide) groups is 1. The van der Waals surface area contributed by atoms with Crippen LogP contribution in [-0.2, 0) is 11.3 Å². The summed E-state index contributed by atoms with van der Waals surface area (Å²) in [4.78, 5) is 25.9. The van der Waals surface area contributed by atoms with Gasteiger partial charge < -0.3 is 14.6 Å². The Morgan fingerprint density at radius 2 is 2.03 bits per heavy atom. The van der Waals surface area contributed by atoms with Crippen LogP contribution in [0.3, 0.4) is 0 Å². The Balaban J connectivity index is 1.50. The molecule has 10 heteroatoms. The highest BCUT2D eigenvalue weighted by Crippen LogP contribution is 2.27. The molecular weight excluding hydrogens is 421 g/mol. The first-order chi connectivity index (χ1) is 15.0. The third-order valence-electron chi connectivity index (χ3n) is 4.90. The SMILES string of the molecule is CC(=O)Nc1ccc(C(=O)CSc2nnc(N3CCCC3)n2Cc2ccco2)c(F)c1. The second kappa shape index (κ2) is 9.34. The van der Waals surface area contributed by atoms with Crippen LogP contribution in [0, 0.1) is 5.82 Å². The van der Waals surface area contributed by atoms with Crippen molar-refractivity contribution in [3.05, 3.63) is 53.7 Å². The zero-order valence-electron chi connectivity index (χ0n) is 17.0. The minimum Gasteiger partial charge on any atom is -0.467 e. The Hall–Kier alpha value is -3.14. The van der Waals surface area contributed by atoms with E-state index in [-0.39, 0.29) is 23.0 Å². The van der Waals surface area contributed by atoms with E-state index in [4.69, 9.17) is 4.42 Å². The highest BCUT2D eigenvalue weighted by Gasteiger charge is 2.23. The zero-order valence-corrected chi connectivity index (χ0v) is 17.8. The Bertz CT molecular complexity index is 1080. The quantitative estimate of drug-likeness (QED) is 0.420. The molecule has 0 spiro atoms. The smallest absolute Gasteiger partial charge is 0.228 e. The van der Waals surface area contributed by atoms with E-state index < -0.39 is 5.82 Å². The van der Waals surface area contributed by atoms with Gasteiger partial charge in [-0.1, -0.05) is 11.8 Å². The molecule has 3 heterocycles. The minimum atomic E-state index is -0.674. The molecule has 1 aliphatic heterocycles. The molecule has 1 aliphatic rings. The van der Waals surface area contributed by atoms with Gasteiger partial charge in [-0.25, -0.2) is 4.39 Å². The van der Waals surface area contributed by atoms with Gasteiger partial charge in [0.15, 0.2) is 10.9 Å². The second-order valence-electron chi connectivity index (χ2n) is 7.23. The van der Waals surface area contributed by atoms with Gasteiger partial charge in [-0.3, -0.25) is 14.2 Å². The van der Waals surface area contributed by atoms with Crippen LogP contribution in [0.5, 0.6) is 0 Å². The molecule has 1 saturated heterocycles. The van der Waals surface area contributed by atoms with Crippen LogP contribution in [0.1, 0.15) is 35.9 Å². The van der Waals surface area contributed by atoms with Gasteiger partial charge in [-0.2, -0.15) is 0 Å². The van der Waals surface area contributed by atoms with Crippen LogP contribution in [0.2, 0.25) is 0 Å². The topological polar surface area (TPSA) is 93.3 Å². The number of aromatic nitrogens is 3. The van der Waals surface area contributed by atoms with E-state index in [0.717, 1.165) is 43.7 Å². The molecule has 8 nitrogen and oxygen atoms in total. The number of halogens is 1. The summed E-state index contributed by atoms with van der Waals surface area (Å²) in [5, 5.41) is 11.7. The van der Waals surface area contributed by atoms with Crippen molar-refractivity contribution in [1.29, 1.82) is 0 Å². The molecule has 0 atom stereocenters. The number of hydrogen-bond acceptors (Lipinski definition) is 7. The molecule has 31 heavy (non-hydrogen) atoms. The van der Waals surface area contributed by atoms with Crippen molar-refractivity contribution >= 4 is 35.1 Å². The molecular formula is C21H22FN5O3S. The third-order valence-corrected chi connectivity index (χ3v) is 5.87. The van der Waals surface area contributed by atoms with Crippen LogP contribution >= 0.6 is 11.8 Å². The number of nitrogens with one attached hydrogen (secondary N) is 1. The van der Waals surface area contributed by atoms with E-state index in [1.165, 1.54) is 30.8 Å². The van der Waals surface area contributed by atoms with Gasteiger partial charge in [0.2, 0.25) is 11.9 Å². The second-order valence-corrected chi connectivity index (χ2v) is 8.17. The monoisotopic (exact) mass is 443 g/mol. The van der Waals surface area contributed by atoms with E-state index >= 15 is 0 Å². The van der Waals surface area contributed by atoms with E-state index in [2.05, 4.69) is 20.4 Å². The fourth-order valence-corrected chi connectivity index (χ4v) is 4.28. The molecule has 0 radical (unpaired) electrons. The van der Waals surface area contributed by atoms with Crippen molar-refractivity contribution in [2.45, 2.75) is 31.5 Å². The third kappa shape index (κ3) is 4.96. The predicted molar refractivity (Wildman–Crippen MR) is 115 cm³/mol. The maximum Gasteiger partial charge on any atom is 0.228 e. The molecule has 1 N–H and O–H groups in total. The van der Waals surface area contributed by atoms with Crippen molar-refractivity contribution in [1.82, 2.24) is 14.8 Å². The molecule has 0 bridgehead atoms. The van der Waals surface area contributed by atoms with Gasteiger partial charge >= 0.3 is 0 Å². The summed E-state index contributed by atoms with van der Waals surface area (Å²) in [6.45, 7) is 3.60. The summed E-state index contributed by atoms with van der Waals surface area (Å²) in [6, 6.07) is 7.72. The Kier molecular flexibility index (Phi) is 6.36. The average Bonchev–Trinajstić information content (AvgIpc) is 3.49. The van der Waals surface area contributed by atoms with Crippen molar-refractivity contribution in [2.24, 2.45) is 0 Å². The molecule has 0 unspecified atom stereocenters. The molecule has 0 saturated carbocycles. The average molecular weight is 444 g/mol. The molecule has 2 aromatic heterocycles. The standard InChI is InChI=1S/C21H22FN5O3S/c1-14(28)23-15-6-7-17(18(22)11-15)19(29)13-31-21-25-24-20(26-8-2-3-9-26)27(21)12-16-5-4-10-30-16/h4-7,10-11H,2-3,8-9,12-13H2,1H3,(H,23,28). The molecule has 3 aromatic rings. The number of amides is 1. The summed E-state index contributed by atoms with van der Waals surface area (Å²) in [6.07, 6.45) is 3.81. The Labute approximate surface area is 182 Å². The lowest BCUT2D eigenvalue weighted by Crippen LogP contribution is -2.22. The number of ketones is 1. The summed E-state index contributed by atoms with van der Waals surface area (Å²) < 4.78 is 21.8. The fourth-order valence-electron chi connectivity index (χ4n) is 3.47. The summed E-state index contributed by atoms with van der Waals surface area (Å²) >= 11 is 1.21. The molecule has 0 aliphatic carbocycles. The van der Waals surface area contributed by atoms with E-state index in [1.807, 2.05) is 16.7 Å². The number of rotatable bonds is 8. The summed E-state index contributed by atoms with van der Waals surface area (Å²) in [5.74, 6) is 0.160. The zero-order chi connectivity index (χ0) is 21.8. The molecule has 1 aromatic carbocycles. The fraction of sp³-hybridized carbons (Fsp3) is 0.333. The highest BCUT2D eigenvalue weighted by atomic mass is 32.2. The number of Topliss-reactive ketones (excluding diaryl/α,β-unsaturated/α-hetero) is 1. The molecule has 1 amide bonds. The van der Waals surface area contributed by atoms with Gasteiger partial charge in [0, 0.05) is 25.7 Å². The summed E-state index contributed by atoms with van der Waals surface area (Å²) in [5.41, 5.74) is 0.279. The minimum absolute atomic E-state index is 0.00664. The molecule has 1 fully saturated rings. The van der Waals surface area contributed by atoms with Crippen molar-refractivity contribution < 1.29 is 18.4 Å². The first-order valence-electron chi connectivity index (χ1n) is 9.95. The van der Waals surface area contributed by atoms with Gasteiger partial charge in [-0.15, -0.1) is 10.2 Å². The van der Waals surface area contributed by atoms with E-state index in [9.17, 15) is 14.0 Å². The predicted octanol–water partition coefficient (Wildman–Crippen LogP) is 3.59. The first kappa shape index (κ1) is 21.1. The summed E-state index contributed by atoms with van der Waals surface area (Å²) in [7, 11) is 0. The maximum atomic E-state index is 14.4. The van der Waals surface area contributed by atoms with E-state index in [0.29, 0.717) is 17.4 Å². The van der Waals surface area contributed by atoms with Crippen LogP contribution in [0.4, 0.5) is 16.0 Å². The number of carbonyl (C=O) groups is 2. The van der Waals surface area contributed by atoms with Gasteiger partial charge in [0.25, 0.3) is 0 Å². The van der Waals surface area contributed by atoms with Gasteiger partial charge in [0.1, 0.15) is 11.6 Å². The molecule has 4 rings (SSSR count). The Morgan fingerprint density at radius 1 is 1.23 bits per heavy atom. The lowest BCUT2D eigenvalue weighted by atomic mass is 10.1.